The van der Waals surface area contributed by atoms with Gasteiger partial charge < -0.3 is 10.1 Å². The molecule has 0 unspecified atom stereocenters. The summed E-state index contributed by atoms with van der Waals surface area (Å²) >= 11 is 0. The molecule has 7 nitrogen and oxygen atoms in total. The van der Waals surface area contributed by atoms with E-state index in [1.54, 1.807) is 13.0 Å². The van der Waals surface area contributed by atoms with E-state index in [-0.39, 0.29) is 34.8 Å². The molecule has 0 aliphatic rings. The molecule has 1 N–H and O–H groups in total. The fourth-order valence-electron chi connectivity index (χ4n) is 2.68. The largest absolute Gasteiger partial charge is 0.496 e. The topological polar surface area (TPSA) is 81.9 Å². The molecule has 0 saturated heterocycles. The van der Waals surface area contributed by atoms with Crippen LogP contribution in [0.5, 0.6) is 5.75 Å². The van der Waals surface area contributed by atoms with Crippen LogP contribution in [-0.4, -0.2) is 33.2 Å². The van der Waals surface area contributed by atoms with Gasteiger partial charge in [0.25, 0.3) is 0 Å². The number of fused-ring (bicyclic) bond motifs is 1. The second-order valence-corrected chi connectivity index (χ2v) is 5.65. The van der Waals surface area contributed by atoms with Crippen LogP contribution in [0.15, 0.2) is 29.2 Å². The molecular formula is C18H14F3N5O2. The number of terminal acetylenes is 1. The van der Waals surface area contributed by atoms with Gasteiger partial charge in [-0.3, -0.25) is 4.98 Å². The Hall–Kier alpha value is -3.61. The number of methoxy groups -OCH3 is 1. The minimum Gasteiger partial charge on any atom is -0.496 e. The molecular weight excluding hydrogens is 375 g/mol. The number of nitrogens with zero attached hydrogens (tertiary/aromatic N) is 4. The zero-order valence-electron chi connectivity index (χ0n) is 14.8. The third-order valence-corrected chi connectivity index (χ3v) is 3.90. The Morgan fingerprint density at radius 2 is 2.11 bits per heavy atom. The maximum atomic E-state index is 13.4. The second-order valence-electron chi connectivity index (χ2n) is 5.65. The Balaban J connectivity index is 2.50. The molecule has 28 heavy (non-hydrogen) atoms. The van der Waals surface area contributed by atoms with Crippen LogP contribution >= 0.6 is 0 Å². The highest BCUT2D eigenvalue weighted by atomic mass is 19.4. The zero-order chi connectivity index (χ0) is 20.5. The quantitative estimate of drug-likeness (QED) is 0.691. The standard InChI is InChI=1S/C18H14F3N5O2/c1-4-7-23-15-14-12(28-3)9-13(18(19,20)21)24-16(14)26(17(27)25-15)11-6-5-8-22-10(11)2/h1,5-6,8-9H,7H2,2-3H3,(H,23,25,27). The van der Waals surface area contributed by atoms with E-state index in [9.17, 15) is 18.0 Å². The molecule has 0 bridgehead atoms. The van der Waals surface area contributed by atoms with Gasteiger partial charge in [-0.05, 0) is 19.1 Å². The average Bonchev–Trinajstić information content (AvgIpc) is 2.65. The normalized spacial score (nSPS) is 11.3. The second kappa shape index (κ2) is 7.19. The van der Waals surface area contributed by atoms with Crippen molar-refractivity contribution in [2.45, 2.75) is 13.1 Å². The van der Waals surface area contributed by atoms with Gasteiger partial charge in [-0.2, -0.15) is 18.2 Å². The number of alkyl halides is 3. The van der Waals surface area contributed by atoms with Crippen molar-refractivity contribution in [3.8, 4) is 23.8 Å². The van der Waals surface area contributed by atoms with Gasteiger partial charge in [0.05, 0.1) is 25.0 Å². The van der Waals surface area contributed by atoms with Gasteiger partial charge >= 0.3 is 11.9 Å². The van der Waals surface area contributed by atoms with Crippen LogP contribution in [0.1, 0.15) is 11.4 Å². The van der Waals surface area contributed by atoms with E-state index >= 15 is 0 Å². The lowest BCUT2D eigenvalue weighted by atomic mass is 10.2. The minimum atomic E-state index is -4.75. The number of halogens is 3. The van der Waals surface area contributed by atoms with Gasteiger partial charge in [0.2, 0.25) is 0 Å². The molecule has 0 amide bonds. The Bertz CT molecular complexity index is 1150. The molecule has 0 aromatic carbocycles. The first-order valence-corrected chi connectivity index (χ1v) is 7.96. The van der Waals surface area contributed by atoms with Crippen molar-refractivity contribution in [2.24, 2.45) is 0 Å². The van der Waals surface area contributed by atoms with Crippen LogP contribution in [0.25, 0.3) is 16.7 Å². The number of hydrogen-bond donors (Lipinski definition) is 1. The van der Waals surface area contributed by atoms with Gasteiger partial charge in [0.1, 0.15) is 17.0 Å². The molecule has 0 radical (unpaired) electrons. The summed E-state index contributed by atoms with van der Waals surface area (Å²) < 4.78 is 46.2. The van der Waals surface area contributed by atoms with E-state index in [4.69, 9.17) is 11.2 Å². The molecule has 3 aromatic rings. The molecule has 0 spiro atoms. The molecule has 0 aliphatic heterocycles. The van der Waals surface area contributed by atoms with Crippen molar-refractivity contribution in [1.82, 2.24) is 19.5 Å². The highest BCUT2D eigenvalue weighted by Crippen LogP contribution is 2.36. The highest BCUT2D eigenvalue weighted by Gasteiger charge is 2.35. The van der Waals surface area contributed by atoms with Crippen molar-refractivity contribution in [2.75, 3.05) is 19.0 Å². The van der Waals surface area contributed by atoms with Crippen molar-refractivity contribution in [3.63, 3.8) is 0 Å². The highest BCUT2D eigenvalue weighted by molar-refractivity contribution is 5.93. The number of ether oxygens (including phenoxy) is 1. The van der Waals surface area contributed by atoms with Crippen LogP contribution in [-0.2, 0) is 6.18 Å². The number of rotatable bonds is 4. The van der Waals surface area contributed by atoms with E-state index in [0.717, 1.165) is 10.6 Å². The SMILES string of the molecule is C#CCNc1nc(=O)n(-c2cccnc2C)c2nc(C(F)(F)F)cc(OC)c12. The summed E-state index contributed by atoms with van der Waals surface area (Å²) in [5.41, 5.74) is -1.66. The van der Waals surface area contributed by atoms with Gasteiger partial charge in [-0.25, -0.2) is 14.3 Å². The molecule has 10 heteroatoms. The Morgan fingerprint density at radius 1 is 1.36 bits per heavy atom. The fourth-order valence-corrected chi connectivity index (χ4v) is 2.68. The van der Waals surface area contributed by atoms with E-state index in [1.165, 1.54) is 19.4 Å². The van der Waals surface area contributed by atoms with Gasteiger partial charge in [0, 0.05) is 12.3 Å². The van der Waals surface area contributed by atoms with Gasteiger partial charge in [0.15, 0.2) is 11.3 Å². The summed E-state index contributed by atoms with van der Waals surface area (Å²) in [7, 11) is 1.21. The van der Waals surface area contributed by atoms with Crippen molar-refractivity contribution >= 4 is 16.9 Å². The zero-order valence-corrected chi connectivity index (χ0v) is 14.8. The predicted octanol–water partition coefficient (Wildman–Crippen LogP) is 2.56. The van der Waals surface area contributed by atoms with Crippen molar-refractivity contribution in [1.29, 1.82) is 0 Å². The van der Waals surface area contributed by atoms with Gasteiger partial charge in [-0.1, -0.05) is 5.92 Å². The Morgan fingerprint density at radius 3 is 2.71 bits per heavy atom. The molecule has 0 fully saturated rings. The maximum absolute atomic E-state index is 13.4. The summed E-state index contributed by atoms with van der Waals surface area (Å²) in [6, 6.07) is 3.83. The third-order valence-electron chi connectivity index (χ3n) is 3.90. The molecule has 144 valence electrons. The summed E-state index contributed by atoms with van der Waals surface area (Å²) in [5, 5.41) is 2.82. The third kappa shape index (κ3) is 3.34. The van der Waals surface area contributed by atoms with Gasteiger partial charge in [-0.15, -0.1) is 6.42 Å². The molecule has 3 rings (SSSR count). The van der Waals surface area contributed by atoms with Crippen molar-refractivity contribution in [3.05, 3.63) is 46.3 Å². The number of nitrogens with one attached hydrogen (secondary N) is 1. The minimum absolute atomic E-state index is 0.00164. The van der Waals surface area contributed by atoms with E-state index in [1.807, 2.05) is 0 Å². The first-order chi connectivity index (χ1) is 13.3. The number of pyridine rings is 2. The average molecular weight is 389 g/mol. The van der Waals surface area contributed by atoms with E-state index in [2.05, 4.69) is 26.2 Å². The summed E-state index contributed by atoms with van der Waals surface area (Å²) in [5.74, 6) is 2.14. The Labute approximate surface area is 157 Å². The molecule has 3 heterocycles. The lowest BCUT2D eigenvalue weighted by Gasteiger charge is -2.17. The monoisotopic (exact) mass is 389 g/mol. The van der Waals surface area contributed by atoms with Crippen LogP contribution < -0.4 is 15.7 Å². The first-order valence-electron chi connectivity index (χ1n) is 7.96. The Kier molecular flexibility index (Phi) is 4.92. The lowest BCUT2D eigenvalue weighted by molar-refractivity contribution is -0.141. The van der Waals surface area contributed by atoms with Crippen molar-refractivity contribution < 1.29 is 17.9 Å². The molecule has 0 aliphatic carbocycles. The molecule has 0 atom stereocenters. The summed E-state index contributed by atoms with van der Waals surface area (Å²) in [6.07, 6.45) is 1.97. The summed E-state index contributed by atoms with van der Waals surface area (Å²) in [6.45, 7) is 1.62. The fraction of sp³-hybridized carbons (Fsp3) is 0.222. The lowest BCUT2D eigenvalue weighted by Crippen LogP contribution is -2.26. The van der Waals surface area contributed by atoms with Crippen LogP contribution in [0.4, 0.5) is 19.0 Å². The van der Waals surface area contributed by atoms with E-state index < -0.39 is 17.6 Å². The van der Waals surface area contributed by atoms with Crippen LogP contribution in [0.2, 0.25) is 0 Å². The number of aryl methyl sites for hydroxylation is 1. The van der Waals surface area contributed by atoms with E-state index in [0.29, 0.717) is 5.69 Å². The summed E-state index contributed by atoms with van der Waals surface area (Å²) in [4.78, 5) is 24.4. The van der Waals surface area contributed by atoms with Crippen LogP contribution in [0.3, 0.4) is 0 Å². The molecule has 3 aromatic heterocycles. The predicted molar refractivity (Wildman–Crippen MR) is 96.5 cm³/mol. The molecule has 0 saturated carbocycles. The number of hydrogen-bond acceptors (Lipinski definition) is 6. The first kappa shape index (κ1) is 19.2. The van der Waals surface area contributed by atoms with Crippen LogP contribution in [0, 0.1) is 19.3 Å². The smallest absolute Gasteiger partial charge is 0.433 e. The number of anilines is 1. The maximum Gasteiger partial charge on any atom is 0.433 e. The number of aromatic nitrogens is 4.